The first-order valence-corrected chi connectivity index (χ1v) is 7.48. The summed E-state index contributed by atoms with van der Waals surface area (Å²) in [6.45, 7) is 0. The monoisotopic (exact) mass is 325 g/mol. The molecule has 5 heteroatoms. The van der Waals surface area contributed by atoms with Crippen LogP contribution in [-0.4, -0.2) is 11.1 Å². The van der Waals surface area contributed by atoms with Crippen LogP contribution in [0.2, 0.25) is 10.0 Å². The molecular weight excluding hydrogens is 312 g/mol. The smallest absolute Gasteiger partial charge is 0.152 e. The van der Waals surface area contributed by atoms with Gasteiger partial charge in [-0.25, -0.2) is 4.39 Å². The molecule has 0 saturated heterocycles. The van der Waals surface area contributed by atoms with Crippen molar-refractivity contribution in [3.05, 3.63) is 57.8 Å². The lowest BCUT2D eigenvalue weighted by atomic mass is 9.76. The van der Waals surface area contributed by atoms with Crippen LogP contribution < -0.4 is 5.32 Å². The van der Waals surface area contributed by atoms with E-state index in [4.69, 9.17) is 23.2 Å². The Morgan fingerprint density at radius 3 is 2.19 bits per heavy atom. The van der Waals surface area contributed by atoms with E-state index in [9.17, 15) is 9.50 Å². The van der Waals surface area contributed by atoms with E-state index in [1.165, 1.54) is 12.1 Å². The van der Waals surface area contributed by atoms with Crippen molar-refractivity contribution in [1.82, 2.24) is 0 Å². The third-order valence-corrected chi connectivity index (χ3v) is 4.44. The zero-order chi connectivity index (χ0) is 15.0. The number of nitrogens with one attached hydrogen (secondary N) is 1. The van der Waals surface area contributed by atoms with Crippen LogP contribution in [0, 0.1) is 5.82 Å². The van der Waals surface area contributed by atoms with Crippen molar-refractivity contribution in [3.8, 4) is 5.75 Å². The number of hydrogen-bond donors (Lipinski definition) is 2. The summed E-state index contributed by atoms with van der Waals surface area (Å²) in [7, 11) is 0. The van der Waals surface area contributed by atoms with Crippen molar-refractivity contribution in [2.24, 2.45) is 0 Å². The number of hydrogen-bond acceptors (Lipinski definition) is 2. The molecule has 0 heterocycles. The first-order valence-electron chi connectivity index (χ1n) is 6.73. The highest BCUT2D eigenvalue weighted by molar-refractivity contribution is 6.37. The fourth-order valence-corrected chi connectivity index (χ4v) is 3.11. The van der Waals surface area contributed by atoms with Crippen LogP contribution in [0.15, 0.2) is 36.4 Å². The lowest BCUT2D eigenvalue weighted by Crippen LogP contribution is -2.33. The third kappa shape index (κ3) is 3.09. The van der Waals surface area contributed by atoms with Crippen molar-refractivity contribution in [1.29, 1.82) is 0 Å². The molecule has 2 aromatic carbocycles. The van der Waals surface area contributed by atoms with E-state index in [0.29, 0.717) is 12.0 Å². The first kappa shape index (κ1) is 14.5. The Hall–Kier alpha value is -1.45. The topological polar surface area (TPSA) is 32.3 Å². The van der Waals surface area contributed by atoms with E-state index in [-0.39, 0.29) is 21.6 Å². The van der Waals surface area contributed by atoms with E-state index in [0.717, 1.165) is 24.1 Å². The highest BCUT2D eigenvalue weighted by atomic mass is 35.5. The van der Waals surface area contributed by atoms with Crippen LogP contribution in [0.4, 0.5) is 10.1 Å². The van der Waals surface area contributed by atoms with Crippen LogP contribution in [-0.2, 0) is 0 Å². The summed E-state index contributed by atoms with van der Waals surface area (Å²) >= 11 is 11.8. The maximum absolute atomic E-state index is 12.9. The van der Waals surface area contributed by atoms with Gasteiger partial charge in [0.2, 0.25) is 0 Å². The molecule has 1 aliphatic rings. The van der Waals surface area contributed by atoms with Gasteiger partial charge in [-0.3, -0.25) is 0 Å². The average molecular weight is 326 g/mol. The Morgan fingerprint density at radius 1 is 1.05 bits per heavy atom. The van der Waals surface area contributed by atoms with E-state index >= 15 is 0 Å². The van der Waals surface area contributed by atoms with Crippen molar-refractivity contribution in [3.63, 3.8) is 0 Å². The third-order valence-electron chi connectivity index (χ3n) is 3.87. The Kier molecular flexibility index (Phi) is 3.96. The molecule has 0 aliphatic heterocycles. The molecule has 0 spiro atoms. The first-order chi connectivity index (χ1) is 10.0. The molecule has 0 radical (unpaired) electrons. The molecule has 1 fully saturated rings. The average Bonchev–Trinajstić information content (AvgIpc) is 2.41. The van der Waals surface area contributed by atoms with Gasteiger partial charge in [0.05, 0.1) is 10.0 Å². The molecule has 21 heavy (non-hydrogen) atoms. The van der Waals surface area contributed by atoms with Gasteiger partial charge in [0.15, 0.2) is 5.75 Å². The molecule has 0 bridgehead atoms. The summed E-state index contributed by atoms with van der Waals surface area (Å²) < 4.78 is 12.9. The number of halogens is 3. The fourth-order valence-electron chi connectivity index (χ4n) is 2.63. The molecule has 2 nitrogen and oxygen atoms in total. The van der Waals surface area contributed by atoms with E-state index in [2.05, 4.69) is 5.32 Å². The number of phenolic OH excluding ortho intramolecular Hbond substituents is 1. The number of phenols is 1. The second-order valence-corrected chi connectivity index (χ2v) is 6.16. The highest BCUT2D eigenvalue weighted by Crippen LogP contribution is 2.40. The van der Waals surface area contributed by atoms with E-state index < -0.39 is 0 Å². The van der Waals surface area contributed by atoms with Crippen molar-refractivity contribution >= 4 is 28.9 Å². The normalized spacial score (nSPS) is 20.9. The lowest BCUT2D eigenvalue weighted by Gasteiger charge is -2.37. The minimum absolute atomic E-state index is 0.0957. The Labute approximate surface area is 132 Å². The highest BCUT2D eigenvalue weighted by Gasteiger charge is 2.30. The zero-order valence-corrected chi connectivity index (χ0v) is 12.6. The van der Waals surface area contributed by atoms with E-state index in [1.807, 2.05) is 12.1 Å². The van der Waals surface area contributed by atoms with Crippen LogP contribution in [0.5, 0.6) is 5.75 Å². The molecule has 0 amide bonds. The predicted octanol–water partition coefficient (Wildman–Crippen LogP) is 5.20. The molecule has 2 N–H and O–H groups in total. The van der Waals surface area contributed by atoms with Gasteiger partial charge in [0.1, 0.15) is 5.82 Å². The van der Waals surface area contributed by atoms with Crippen LogP contribution in [0.3, 0.4) is 0 Å². The maximum atomic E-state index is 12.9. The van der Waals surface area contributed by atoms with Crippen molar-refractivity contribution in [2.75, 3.05) is 5.32 Å². The molecule has 110 valence electrons. The minimum atomic E-state index is -0.207. The second kappa shape index (κ2) is 5.74. The molecule has 0 aromatic heterocycles. The molecule has 1 aliphatic carbocycles. The van der Waals surface area contributed by atoms with Gasteiger partial charge in [-0.15, -0.1) is 0 Å². The molecular formula is C16H14Cl2FNO. The summed E-state index contributed by atoms with van der Waals surface area (Å²) in [6, 6.07) is 10.3. The molecule has 1 saturated carbocycles. The van der Waals surface area contributed by atoms with Gasteiger partial charge in [-0.05, 0) is 48.6 Å². The summed E-state index contributed by atoms with van der Waals surface area (Å²) in [5, 5.41) is 13.3. The fraction of sp³-hybridized carbons (Fsp3) is 0.250. The number of rotatable bonds is 3. The summed E-state index contributed by atoms with van der Waals surface area (Å²) in [4.78, 5) is 0. The molecule has 3 rings (SSSR count). The second-order valence-electron chi connectivity index (χ2n) is 5.35. The lowest BCUT2D eigenvalue weighted by molar-refractivity contribution is 0.374. The van der Waals surface area contributed by atoms with Gasteiger partial charge in [-0.1, -0.05) is 35.3 Å². The Morgan fingerprint density at radius 2 is 1.62 bits per heavy atom. The maximum Gasteiger partial charge on any atom is 0.152 e. The number of benzene rings is 2. The SMILES string of the molecule is Oc1c(Cl)cc(NC2CC(c3ccc(F)cc3)C2)cc1Cl. The number of aromatic hydroxyl groups is 1. The van der Waals surface area contributed by atoms with Gasteiger partial charge >= 0.3 is 0 Å². The van der Waals surface area contributed by atoms with Crippen LogP contribution >= 0.6 is 23.2 Å². The minimum Gasteiger partial charge on any atom is -0.505 e. The predicted molar refractivity (Wildman–Crippen MR) is 83.9 cm³/mol. The number of anilines is 1. The van der Waals surface area contributed by atoms with Gasteiger partial charge < -0.3 is 10.4 Å². The van der Waals surface area contributed by atoms with Gasteiger partial charge in [0, 0.05) is 11.7 Å². The standard InChI is InChI=1S/C16H14Cl2FNO/c17-14-7-13(8-15(18)16(14)21)20-12-5-10(6-12)9-1-3-11(19)4-2-9/h1-4,7-8,10,12,20-21H,5-6H2. The molecule has 0 unspecified atom stereocenters. The zero-order valence-electron chi connectivity index (χ0n) is 11.1. The molecule has 2 aromatic rings. The summed E-state index contributed by atoms with van der Waals surface area (Å²) in [6.07, 6.45) is 1.95. The molecule has 0 atom stereocenters. The van der Waals surface area contributed by atoms with Gasteiger partial charge in [-0.2, -0.15) is 0 Å². The van der Waals surface area contributed by atoms with Crippen molar-refractivity contribution in [2.45, 2.75) is 24.8 Å². The van der Waals surface area contributed by atoms with Gasteiger partial charge in [0.25, 0.3) is 0 Å². The van der Waals surface area contributed by atoms with Crippen LogP contribution in [0.1, 0.15) is 24.3 Å². The largest absolute Gasteiger partial charge is 0.505 e. The summed E-state index contributed by atoms with van der Waals surface area (Å²) in [5.41, 5.74) is 1.96. The quantitative estimate of drug-likeness (QED) is 0.760. The summed E-state index contributed by atoms with van der Waals surface area (Å²) in [5.74, 6) is 0.147. The Bertz CT molecular complexity index is 631. The van der Waals surface area contributed by atoms with E-state index in [1.54, 1.807) is 12.1 Å². The van der Waals surface area contributed by atoms with Crippen LogP contribution in [0.25, 0.3) is 0 Å². The van der Waals surface area contributed by atoms with Crippen molar-refractivity contribution < 1.29 is 9.50 Å². The Balaban J connectivity index is 1.61.